The quantitative estimate of drug-likeness (QED) is 0.388. The van der Waals surface area contributed by atoms with Crippen LogP contribution in [-0.4, -0.2) is 17.5 Å². The Labute approximate surface area is 82.9 Å². The van der Waals surface area contributed by atoms with Crippen LogP contribution < -0.4 is 0 Å². The van der Waals surface area contributed by atoms with Crippen molar-refractivity contribution in [3.05, 3.63) is 12.7 Å². The van der Waals surface area contributed by atoms with Gasteiger partial charge in [0.05, 0.1) is 0 Å². The smallest absolute Gasteiger partial charge is 0.330 e. The largest absolute Gasteiger partial charge is 0.459 e. The van der Waals surface area contributed by atoms with Gasteiger partial charge in [-0.15, -0.1) is 11.6 Å². The van der Waals surface area contributed by atoms with E-state index in [0.29, 0.717) is 17.2 Å². The lowest BCUT2D eigenvalue weighted by atomic mass is 9.97. The first-order valence-corrected chi connectivity index (χ1v) is 5.11. The number of rotatable bonds is 2. The highest BCUT2D eigenvalue weighted by molar-refractivity contribution is 6.21. The molecule has 2 bridgehead atoms. The van der Waals surface area contributed by atoms with Gasteiger partial charge >= 0.3 is 5.97 Å². The highest BCUT2D eigenvalue weighted by atomic mass is 35.5. The molecule has 2 nitrogen and oxygen atoms in total. The average Bonchev–Trinajstić information content (AvgIpc) is 2.63. The normalized spacial score (nSPS) is 41.9. The fourth-order valence-electron chi connectivity index (χ4n) is 2.49. The third-order valence-corrected chi connectivity index (χ3v) is 3.67. The van der Waals surface area contributed by atoms with Crippen molar-refractivity contribution in [3.8, 4) is 0 Å². The number of halogens is 1. The minimum Gasteiger partial charge on any atom is -0.459 e. The van der Waals surface area contributed by atoms with E-state index in [2.05, 4.69) is 6.58 Å². The van der Waals surface area contributed by atoms with Crippen molar-refractivity contribution >= 4 is 17.6 Å². The Morgan fingerprint density at radius 3 is 2.62 bits per heavy atom. The third kappa shape index (κ3) is 1.60. The first-order chi connectivity index (χ1) is 6.20. The van der Waals surface area contributed by atoms with Crippen LogP contribution in [-0.2, 0) is 9.53 Å². The Bertz CT molecular complexity index is 237. The van der Waals surface area contributed by atoms with Gasteiger partial charge in [0.1, 0.15) is 6.10 Å². The Kier molecular flexibility index (Phi) is 2.33. The maximum Gasteiger partial charge on any atom is 0.330 e. The van der Waals surface area contributed by atoms with Crippen molar-refractivity contribution in [1.29, 1.82) is 0 Å². The molecule has 4 unspecified atom stereocenters. The standard InChI is InChI=1S/C10H13ClO2/c1-2-10(12)13-9-5-6-3-7(9)4-8(6)11/h2,6-9H,1,3-5H2. The molecule has 0 aromatic carbocycles. The van der Waals surface area contributed by atoms with Crippen LogP contribution in [0.5, 0.6) is 0 Å². The SMILES string of the molecule is C=CC(=O)OC1CC2CC1CC2Cl. The topological polar surface area (TPSA) is 26.3 Å². The monoisotopic (exact) mass is 200 g/mol. The fraction of sp³-hybridized carbons (Fsp3) is 0.700. The van der Waals surface area contributed by atoms with Crippen molar-refractivity contribution < 1.29 is 9.53 Å². The second-order valence-corrected chi connectivity index (χ2v) is 4.48. The van der Waals surface area contributed by atoms with Gasteiger partial charge in [0.15, 0.2) is 0 Å². The maximum atomic E-state index is 11.0. The molecule has 0 aliphatic heterocycles. The summed E-state index contributed by atoms with van der Waals surface area (Å²) in [6.45, 7) is 3.38. The van der Waals surface area contributed by atoms with Gasteiger partial charge in [-0.3, -0.25) is 0 Å². The van der Waals surface area contributed by atoms with Gasteiger partial charge in [0, 0.05) is 11.5 Å². The summed E-state index contributed by atoms with van der Waals surface area (Å²) in [6, 6.07) is 0. The number of alkyl halides is 1. The van der Waals surface area contributed by atoms with Crippen LogP contribution in [0.2, 0.25) is 0 Å². The summed E-state index contributed by atoms with van der Waals surface area (Å²) < 4.78 is 5.23. The van der Waals surface area contributed by atoms with E-state index in [4.69, 9.17) is 16.3 Å². The zero-order chi connectivity index (χ0) is 9.42. The van der Waals surface area contributed by atoms with Gasteiger partial charge < -0.3 is 4.74 Å². The molecule has 0 heterocycles. The number of esters is 1. The molecule has 2 aliphatic carbocycles. The number of ether oxygens (including phenoxy) is 1. The van der Waals surface area contributed by atoms with Gasteiger partial charge in [-0.05, 0) is 31.1 Å². The van der Waals surface area contributed by atoms with E-state index in [0.717, 1.165) is 19.3 Å². The van der Waals surface area contributed by atoms with E-state index in [1.807, 2.05) is 0 Å². The Morgan fingerprint density at radius 1 is 1.38 bits per heavy atom. The maximum absolute atomic E-state index is 11.0. The molecule has 0 aromatic heterocycles. The lowest BCUT2D eigenvalue weighted by molar-refractivity contribution is -0.145. The predicted octanol–water partition coefficient (Wildman–Crippen LogP) is 2.12. The summed E-state index contributed by atoms with van der Waals surface area (Å²) in [5.41, 5.74) is 0. The summed E-state index contributed by atoms with van der Waals surface area (Å²) >= 11 is 6.08. The molecule has 2 rings (SSSR count). The van der Waals surface area contributed by atoms with Crippen LogP contribution in [0, 0.1) is 11.8 Å². The van der Waals surface area contributed by atoms with Crippen molar-refractivity contribution in [2.24, 2.45) is 11.8 Å². The van der Waals surface area contributed by atoms with E-state index in [9.17, 15) is 4.79 Å². The Hall–Kier alpha value is -0.500. The van der Waals surface area contributed by atoms with Gasteiger partial charge in [-0.2, -0.15) is 0 Å². The molecule has 13 heavy (non-hydrogen) atoms. The van der Waals surface area contributed by atoms with Crippen molar-refractivity contribution in [2.45, 2.75) is 30.7 Å². The van der Waals surface area contributed by atoms with Crippen LogP contribution in [0.4, 0.5) is 0 Å². The van der Waals surface area contributed by atoms with E-state index < -0.39 is 0 Å². The van der Waals surface area contributed by atoms with E-state index in [1.54, 1.807) is 0 Å². The molecule has 0 aromatic rings. The highest BCUT2D eigenvalue weighted by Gasteiger charge is 2.46. The van der Waals surface area contributed by atoms with Crippen LogP contribution in [0.1, 0.15) is 19.3 Å². The molecule has 3 heteroatoms. The lowest BCUT2D eigenvalue weighted by Gasteiger charge is -2.23. The van der Waals surface area contributed by atoms with Crippen molar-refractivity contribution in [3.63, 3.8) is 0 Å². The lowest BCUT2D eigenvalue weighted by Crippen LogP contribution is -2.26. The number of hydrogen-bond acceptors (Lipinski definition) is 2. The molecule has 72 valence electrons. The molecule has 0 spiro atoms. The van der Waals surface area contributed by atoms with Crippen molar-refractivity contribution in [2.75, 3.05) is 0 Å². The second kappa shape index (κ2) is 3.33. The first-order valence-electron chi connectivity index (χ1n) is 4.68. The number of hydrogen-bond donors (Lipinski definition) is 0. The van der Waals surface area contributed by atoms with E-state index in [-0.39, 0.29) is 12.1 Å². The fourth-order valence-corrected chi connectivity index (χ4v) is 2.93. The molecule has 4 atom stereocenters. The van der Waals surface area contributed by atoms with Crippen LogP contribution in [0.25, 0.3) is 0 Å². The number of carbonyl (C=O) groups excluding carboxylic acids is 1. The molecule has 0 radical (unpaired) electrons. The van der Waals surface area contributed by atoms with Gasteiger partial charge in [-0.25, -0.2) is 4.79 Å². The first kappa shape index (κ1) is 9.07. The Morgan fingerprint density at radius 2 is 2.15 bits per heavy atom. The van der Waals surface area contributed by atoms with Gasteiger partial charge in [-0.1, -0.05) is 6.58 Å². The number of carbonyl (C=O) groups is 1. The van der Waals surface area contributed by atoms with Crippen molar-refractivity contribution in [1.82, 2.24) is 0 Å². The third-order valence-electron chi connectivity index (χ3n) is 3.14. The summed E-state index contributed by atoms with van der Waals surface area (Å²) in [7, 11) is 0. The molecular weight excluding hydrogens is 188 g/mol. The highest BCUT2D eigenvalue weighted by Crippen LogP contribution is 2.48. The van der Waals surface area contributed by atoms with Crippen LogP contribution >= 0.6 is 11.6 Å². The summed E-state index contributed by atoms with van der Waals surface area (Å²) in [4.78, 5) is 11.0. The minimum atomic E-state index is -0.302. The zero-order valence-electron chi connectivity index (χ0n) is 7.41. The minimum absolute atomic E-state index is 0.102. The van der Waals surface area contributed by atoms with Crippen LogP contribution in [0.3, 0.4) is 0 Å². The number of fused-ring (bicyclic) bond motifs is 2. The average molecular weight is 201 g/mol. The second-order valence-electron chi connectivity index (χ2n) is 3.92. The molecule has 2 aliphatic rings. The summed E-state index contributed by atoms with van der Waals surface area (Å²) in [5, 5.41) is 0.309. The molecule has 0 N–H and O–H groups in total. The van der Waals surface area contributed by atoms with E-state index in [1.165, 1.54) is 6.08 Å². The molecule has 2 fully saturated rings. The predicted molar refractivity (Wildman–Crippen MR) is 50.5 cm³/mol. The molecule has 0 saturated heterocycles. The van der Waals surface area contributed by atoms with Gasteiger partial charge in [0.25, 0.3) is 0 Å². The molecule has 2 saturated carbocycles. The summed E-state index contributed by atoms with van der Waals surface area (Å²) in [6.07, 6.45) is 4.40. The molecule has 0 amide bonds. The van der Waals surface area contributed by atoms with Crippen LogP contribution in [0.15, 0.2) is 12.7 Å². The Balaban J connectivity index is 1.92. The molecular formula is C10H13ClO2. The van der Waals surface area contributed by atoms with Gasteiger partial charge in [0.2, 0.25) is 0 Å². The zero-order valence-corrected chi connectivity index (χ0v) is 8.17. The summed E-state index contributed by atoms with van der Waals surface area (Å²) in [5.74, 6) is 0.759. The van der Waals surface area contributed by atoms with E-state index >= 15 is 0 Å².